The fourth-order valence-corrected chi connectivity index (χ4v) is 1.44. The van der Waals surface area contributed by atoms with E-state index in [9.17, 15) is 0 Å². The van der Waals surface area contributed by atoms with Crippen molar-refractivity contribution in [1.29, 1.82) is 0 Å². The normalized spacial score (nSPS) is 10.1. The molecule has 2 nitrogen and oxygen atoms in total. The molecule has 0 saturated heterocycles. The summed E-state index contributed by atoms with van der Waals surface area (Å²) in [6.45, 7) is 1.92. The molecule has 0 spiro atoms. The van der Waals surface area contributed by atoms with Gasteiger partial charge in [-0.2, -0.15) is 5.10 Å². The van der Waals surface area contributed by atoms with Gasteiger partial charge in [0, 0.05) is 5.56 Å². The van der Waals surface area contributed by atoms with Crippen LogP contribution in [0.25, 0.3) is 11.3 Å². The van der Waals surface area contributed by atoms with Gasteiger partial charge >= 0.3 is 0 Å². The summed E-state index contributed by atoms with van der Waals surface area (Å²) in [6.07, 6.45) is 1.66. The molecule has 0 aliphatic carbocycles. The molecule has 0 bridgehead atoms. The first-order chi connectivity index (χ1) is 6.79. The van der Waals surface area contributed by atoms with Crippen LogP contribution in [0.15, 0.2) is 36.5 Å². The molecule has 0 amide bonds. The molecule has 0 atom stereocenters. The van der Waals surface area contributed by atoms with Crippen LogP contribution in [0.3, 0.4) is 0 Å². The van der Waals surface area contributed by atoms with Crippen LogP contribution in [0.2, 0.25) is 5.02 Å². The number of aromatic nitrogens is 2. The van der Waals surface area contributed by atoms with E-state index in [-0.39, 0.29) is 0 Å². The summed E-state index contributed by atoms with van der Waals surface area (Å²) in [5, 5.41) is 8.59. The first kappa shape index (κ1) is 9.16. The molecule has 1 heterocycles. The zero-order valence-electron chi connectivity index (χ0n) is 7.74. The van der Waals surface area contributed by atoms with Crippen LogP contribution in [0.4, 0.5) is 0 Å². The van der Waals surface area contributed by atoms with Crippen LogP contribution in [0.1, 0.15) is 5.56 Å². The van der Waals surface area contributed by atoms with Gasteiger partial charge in [0.15, 0.2) is 0 Å². The fraction of sp³-hybridized carbons (Fsp3) is 0.0909. The van der Waals surface area contributed by atoms with Crippen LogP contribution in [-0.2, 0) is 0 Å². The van der Waals surface area contributed by atoms with Crippen molar-refractivity contribution in [3.8, 4) is 11.3 Å². The number of rotatable bonds is 1. The predicted molar refractivity (Wildman–Crippen MR) is 57.2 cm³/mol. The zero-order chi connectivity index (χ0) is 9.97. The number of benzene rings is 1. The summed E-state index contributed by atoms with van der Waals surface area (Å²) in [4.78, 5) is 0. The molecule has 0 aliphatic heterocycles. The van der Waals surface area contributed by atoms with Gasteiger partial charge in [-0.25, -0.2) is 0 Å². The molecule has 1 aromatic heterocycles. The SMILES string of the molecule is Cc1cnnc(-c2ccccc2)c1Cl. The molecule has 0 saturated carbocycles. The summed E-state index contributed by atoms with van der Waals surface area (Å²) >= 11 is 6.13. The van der Waals surface area contributed by atoms with E-state index >= 15 is 0 Å². The smallest absolute Gasteiger partial charge is 0.112 e. The Labute approximate surface area is 87.6 Å². The molecular weight excluding hydrogens is 196 g/mol. The van der Waals surface area contributed by atoms with Crippen LogP contribution in [0.5, 0.6) is 0 Å². The Morgan fingerprint density at radius 1 is 1.14 bits per heavy atom. The van der Waals surface area contributed by atoms with Gasteiger partial charge in [0.05, 0.1) is 11.2 Å². The van der Waals surface area contributed by atoms with Gasteiger partial charge in [-0.3, -0.25) is 0 Å². The van der Waals surface area contributed by atoms with Crippen molar-refractivity contribution in [2.45, 2.75) is 6.92 Å². The maximum absolute atomic E-state index is 6.13. The van der Waals surface area contributed by atoms with Gasteiger partial charge in [-0.15, -0.1) is 5.10 Å². The Morgan fingerprint density at radius 2 is 1.86 bits per heavy atom. The Hall–Kier alpha value is -1.41. The van der Waals surface area contributed by atoms with Crippen LogP contribution in [-0.4, -0.2) is 10.2 Å². The molecule has 0 unspecified atom stereocenters. The van der Waals surface area contributed by atoms with Crippen LogP contribution in [0, 0.1) is 6.92 Å². The summed E-state index contributed by atoms with van der Waals surface area (Å²) in [6, 6.07) is 9.80. The highest BCUT2D eigenvalue weighted by molar-refractivity contribution is 6.33. The number of hydrogen-bond acceptors (Lipinski definition) is 2. The molecule has 14 heavy (non-hydrogen) atoms. The number of nitrogens with zero attached hydrogens (tertiary/aromatic N) is 2. The summed E-state index contributed by atoms with van der Waals surface area (Å²) in [7, 11) is 0. The lowest BCUT2D eigenvalue weighted by Gasteiger charge is -2.03. The molecule has 70 valence electrons. The van der Waals surface area contributed by atoms with Crippen molar-refractivity contribution in [3.63, 3.8) is 0 Å². The molecule has 0 radical (unpaired) electrons. The maximum atomic E-state index is 6.13. The Balaban J connectivity index is 2.58. The first-order valence-electron chi connectivity index (χ1n) is 4.32. The van der Waals surface area contributed by atoms with Crippen molar-refractivity contribution in [2.75, 3.05) is 0 Å². The van der Waals surface area contributed by atoms with Crippen LogP contribution >= 0.6 is 11.6 Å². The second-order valence-electron chi connectivity index (χ2n) is 3.06. The van der Waals surface area contributed by atoms with E-state index in [1.807, 2.05) is 37.3 Å². The molecule has 2 rings (SSSR count). The Kier molecular flexibility index (Phi) is 2.46. The van der Waals surface area contributed by atoms with Gasteiger partial charge in [0.1, 0.15) is 5.69 Å². The fourth-order valence-electron chi connectivity index (χ4n) is 1.24. The van der Waals surface area contributed by atoms with Crippen molar-refractivity contribution >= 4 is 11.6 Å². The lowest BCUT2D eigenvalue weighted by Crippen LogP contribution is -1.90. The lowest BCUT2D eigenvalue weighted by atomic mass is 10.1. The first-order valence-corrected chi connectivity index (χ1v) is 4.70. The van der Waals surface area contributed by atoms with Crippen molar-refractivity contribution < 1.29 is 0 Å². The standard InChI is InChI=1S/C11H9ClN2/c1-8-7-13-14-11(10(8)12)9-5-3-2-4-6-9/h2-7H,1H3. The van der Waals surface area contributed by atoms with Crippen molar-refractivity contribution in [2.24, 2.45) is 0 Å². The minimum Gasteiger partial charge on any atom is -0.158 e. The number of aryl methyl sites for hydroxylation is 1. The highest BCUT2D eigenvalue weighted by Gasteiger charge is 2.06. The minimum atomic E-state index is 0.672. The van der Waals surface area contributed by atoms with E-state index in [1.165, 1.54) is 0 Å². The monoisotopic (exact) mass is 204 g/mol. The summed E-state index contributed by atoms with van der Waals surface area (Å²) in [5.41, 5.74) is 2.68. The average Bonchev–Trinajstić information content (AvgIpc) is 2.23. The Bertz CT molecular complexity index is 440. The van der Waals surface area contributed by atoms with Gasteiger partial charge in [-0.05, 0) is 12.5 Å². The molecule has 0 N–H and O–H groups in total. The molecular formula is C11H9ClN2. The summed E-state index contributed by atoms with van der Waals surface area (Å²) < 4.78 is 0. The molecule has 3 heteroatoms. The van der Waals surface area contributed by atoms with E-state index in [1.54, 1.807) is 6.20 Å². The van der Waals surface area contributed by atoms with E-state index in [0.717, 1.165) is 16.8 Å². The molecule has 1 aromatic carbocycles. The lowest BCUT2D eigenvalue weighted by molar-refractivity contribution is 1.02. The maximum Gasteiger partial charge on any atom is 0.112 e. The number of hydrogen-bond donors (Lipinski definition) is 0. The average molecular weight is 205 g/mol. The third-order valence-corrected chi connectivity index (χ3v) is 2.49. The van der Waals surface area contributed by atoms with Crippen LogP contribution < -0.4 is 0 Å². The second kappa shape index (κ2) is 3.76. The highest BCUT2D eigenvalue weighted by Crippen LogP contribution is 2.26. The van der Waals surface area contributed by atoms with E-state index in [2.05, 4.69) is 10.2 Å². The van der Waals surface area contributed by atoms with Crippen molar-refractivity contribution in [3.05, 3.63) is 47.1 Å². The number of halogens is 1. The third kappa shape index (κ3) is 1.61. The summed E-state index contributed by atoms with van der Waals surface area (Å²) in [5.74, 6) is 0. The predicted octanol–water partition coefficient (Wildman–Crippen LogP) is 3.11. The molecule has 0 fully saturated rings. The van der Waals surface area contributed by atoms with E-state index < -0.39 is 0 Å². The largest absolute Gasteiger partial charge is 0.158 e. The minimum absolute atomic E-state index is 0.672. The topological polar surface area (TPSA) is 25.8 Å². The molecule has 2 aromatic rings. The van der Waals surface area contributed by atoms with E-state index in [4.69, 9.17) is 11.6 Å². The quantitative estimate of drug-likeness (QED) is 0.714. The second-order valence-corrected chi connectivity index (χ2v) is 3.43. The molecule has 0 aliphatic rings. The van der Waals surface area contributed by atoms with Crippen molar-refractivity contribution in [1.82, 2.24) is 10.2 Å². The Morgan fingerprint density at radius 3 is 2.57 bits per heavy atom. The van der Waals surface area contributed by atoms with Gasteiger partial charge in [0.2, 0.25) is 0 Å². The van der Waals surface area contributed by atoms with Gasteiger partial charge in [0.25, 0.3) is 0 Å². The van der Waals surface area contributed by atoms with Gasteiger partial charge in [-0.1, -0.05) is 41.9 Å². The zero-order valence-corrected chi connectivity index (χ0v) is 8.49. The third-order valence-electron chi connectivity index (χ3n) is 2.01. The van der Waals surface area contributed by atoms with E-state index in [0.29, 0.717) is 5.02 Å². The highest BCUT2D eigenvalue weighted by atomic mass is 35.5. The van der Waals surface area contributed by atoms with Gasteiger partial charge < -0.3 is 0 Å².